The fraction of sp³-hybridized carbons (Fsp3) is 0.462. The van der Waals surface area contributed by atoms with Gasteiger partial charge in [0.05, 0.1) is 21.0 Å². The van der Waals surface area contributed by atoms with E-state index in [1.54, 1.807) is 6.07 Å². The first-order chi connectivity index (χ1) is 8.58. The molecule has 0 spiro atoms. The van der Waals surface area contributed by atoms with E-state index in [1.165, 1.54) is 18.9 Å². The summed E-state index contributed by atoms with van der Waals surface area (Å²) in [6.45, 7) is 3.15. The molecular weight excluding hydrogens is 297 g/mol. The summed E-state index contributed by atoms with van der Waals surface area (Å²) >= 11 is 3.19. The first kappa shape index (κ1) is 12.1. The Morgan fingerprint density at radius 3 is 2.94 bits per heavy atom. The fourth-order valence-electron chi connectivity index (χ4n) is 2.52. The van der Waals surface area contributed by atoms with Gasteiger partial charge >= 0.3 is 0 Å². The number of benzene rings is 1. The summed E-state index contributed by atoms with van der Waals surface area (Å²) in [4.78, 5) is 7.83. The van der Waals surface area contributed by atoms with Crippen molar-refractivity contribution in [1.82, 2.24) is 15.3 Å². The van der Waals surface area contributed by atoms with Crippen LogP contribution in [0.1, 0.15) is 32.0 Å². The maximum Gasteiger partial charge on any atom is 0.139 e. The van der Waals surface area contributed by atoms with Crippen molar-refractivity contribution in [2.45, 2.75) is 31.7 Å². The maximum atomic E-state index is 13.5. The summed E-state index contributed by atoms with van der Waals surface area (Å²) in [6, 6.07) is 3.21. The molecule has 2 heterocycles. The van der Waals surface area contributed by atoms with Crippen LogP contribution in [0.15, 0.2) is 16.6 Å². The van der Waals surface area contributed by atoms with Gasteiger partial charge in [0.2, 0.25) is 0 Å². The highest BCUT2D eigenvalue weighted by Gasteiger charge is 2.31. The molecule has 0 aliphatic carbocycles. The van der Waals surface area contributed by atoms with Crippen molar-refractivity contribution in [3.8, 4) is 0 Å². The molecule has 96 valence electrons. The lowest BCUT2D eigenvalue weighted by Gasteiger charge is -2.33. The quantitative estimate of drug-likeness (QED) is 0.847. The number of H-pyrrole nitrogens is 1. The van der Waals surface area contributed by atoms with Crippen LogP contribution in [0.5, 0.6) is 0 Å². The summed E-state index contributed by atoms with van der Waals surface area (Å²) in [6.07, 6.45) is 3.45. The van der Waals surface area contributed by atoms with Crippen molar-refractivity contribution in [1.29, 1.82) is 0 Å². The number of aromatic nitrogens is 2. The van der Waals surface area contributed by atoms with Crippen molar-refractivity contribution in [3.63, 3.8) is 0 Å². The maximum absolute atomic E-state index is 13.5. The Morgan fingerprint density at radius 1 is 1.39 bits per heavy atom. The Bertz CT molecular complexity index is 548. The highest BCUT2D eigenvalue weighted by Crippen LogP contribution is 2.30. The zero-order valence-corrected chi connectivity index (χ0v) is 11.8. The number of imidazole rings is 1. The monoisotopic (exact) mass is 311 g/mol. The number of hydrogen-bond donors (Lipinski definition) is 2. The van der Waals surface area contributed by atoms with Gasteiger partial charge in [0.15, 0.2) is 0 Å². The summed E-state index contributed by atoms with van der Waals surface area (Å²) in [5.41, 5.74) is 1.42. The molecule has 3 nitrogen and oxygen atoms in total. The predicted octanol–water partition coefficient (Wildman–Crippen LogP) is 3.45. The van der Waals surface area contributed by atoms with Crippen LogP contribution in [0.25, 0.3) is 11.0 Å². The molecule has 0 amide bonds. The van der Waals surface area contributed by atoms with Gasteiger partial charge in [-0.05, 0) is 54.7 Å². The van der Waals surface area contributed by atoms with E-state index in [9.17, 15) is 4.39 Å². The van der Waals surface area contributed by atoms with E-state index in [1.807, 2.05) is 0 Å². The molecule has 0 radical (unpaired) electrons. The van der Waals surface area contributed by atoms with E-state index in [4.69, 9.17) is 0 Å². The van der Waals surface area contributed by atoms with E-state index < -0.39 is 0 Å². The Hall–Kier alpha value is -0.940. The van der Waals surface area contributed by atoms with Crippen LogP contribution in [-0.4, -0.2) is 16.5 Å². The Morgan fingerprint density at radius 2 is 2.22 bits per heavy atom. The van der Waals surface area contributed by atoms with Gasteiger partial charge in [-0.2, -0.15) is 0 Å². The lowest BCUT2D eigenvalue weighted by atomic mass is 9.90. The first-order valence-corrected chi connectivity index (χ1v) is 6.98. The van der Waals surface area contributed by atoms with Gasteiger partial charge in [-0.15, -0.1) is 0 Å². The number of rotatable bonds is 1. The summed E-state index contributed by atoms with van der Waals surface area (Å²) in [5, 5.41) is 3.50. The molecule has 1 fully saturated rings. The first-order valence-electron chi connectivity index (χ1n) is 6.19. The van der Waals surface area contributed by atoms with Crippen LogP contribution in [-0.2, 0) is 5.54 Å². The SMILES string of the molecule is CC1(c2nc3cc(Br)c(F)cc3[nH]2)CCCCN1. The van der Waals surface area contributed by atoms with Crippen molar-refractivity contribution < 1.29 is 4.39 Å². The van der Waals surface area contributed by atoms with E-state index in [0.717, 1.165) is 29.8 Å². The van der Waals surface area contributed by atoms with Gasteiger partial charge in [0.1, 0.15) is 11.6 Å². The molecule has 1 saturated heterocycles. The second-order valence-electron chi connectivity index (χ2n) is 5.08. The third-order valence-electron chi connectivity index (χ3n) is 3.67. The molecule has 1 aromatic heterocycles. The molecule has 18 heavy (non-hydrogen) atoms. The Balaban J connectivity index is 2.07. The second kappa shape index (κ2) is 4.31. The van der Waals surface area contributed by atoms with E-state index >= 15 is 0 Å². The Kier molecular flexibility index (Phi) is 2.90. The van der Waals surface area contributed by atoms with E-state index in [-0.39, 0.29) is 11.4 Å². The predicted molar refractivity (Wildman–Crippen MR) is 73.0 cm³/mol. The largest absolute Gasteiger partial charge is 0.340 e. The zero-order valence-electron chi connectivity index (χ0n) is 10.2. The molecule has 0 saturated carbocycles. The minimum atomic E-state index is -0.264. The summed E-state index contributed by atoms with van der Waals surface area (Å²) in [7, 11) is 0. The van der Waals surface area contributed by atoms with Crippen LogP contribution in [0.4, 0.5) is 4.39 Å². The van der Waals surface area contributed by atoms with Crippen LogP contribution in [0, 0.1) is 5.82 Å². The molecule has 1 unspecified atom stereocenters. The normalized spacial score (nSPS) is 24.6. The molecule has 2 N–H and O–H groups in total. The lowest BCUT2D eigenvalue weighted by molar-refractivity contribution is 0.271. The standard InChI is InChI=1S/C13H15BrFN3/c1-13(4-2-3-5-16-13)12-17-10-6-8(14)9(15)7-11(10)18-12/h6-7,16H,2-5H2,1H3,(H,17,18). The zero-order chi connectivity index (χ0) is 12.8. The van der Waals surface area contributed by atoms with E-state index in [2.05, 4.69) is 38.1 Å². The van der Waals surface area contributed by atoms with Gasteiger partial charge in [-0.1, -0.05) is 0 Å². The highest BCUT2D eigenvalue weighted by molar-refractivity contribution is 9.10. The van der Waals surface area contributed by atoms with Crippen LogP contribution >= 0.6 is 15.9 Å². The fourth-order valence-corrected chi connectivity index (χ4v) is 2.86. The third kappa shape index (κ3) is 1.95. The minimum Gasteiger partial charge on any atom is -0.340 e. The van der Waals surface area contributed by atoms with Crippen LogP contribution in [0.2, 0.25) is 0 Å². The number of halogens is 2. The number of aromatic amines is 1. The van der Waals surface area contributed by atoms with Gasteiger partial charge in [0.25, 0.3) is 0 Å². The van der Waals surface area contributed by atoms with Crippen molar-refractivity contribution in [3.05, 3.63) is 28.2 Å². The molecule has 1 aliphatic heterocycles. The molecule has 1 atom stereocenters. The summed E-state index contributed by atoms with van der Waals surface area (Å²) in [5.74, 6) is 0.633. The molecule has 2 aromatic rings. The number of fused-ring (bicyclic) bond motifs is 1. The molecule has 0 bridgehead atoms. The van der Waals surface area contributed by atoms with Crippen molar-refractivity contribution in [2.75, 3.05) is 6.54 Å². The molecule has 3 rings (SSSR count). The molecule has 1 aromatic carbocycles. The average Bonchev–Trinajstić information content (AvgIpc) is 2.74. The number of nitrogens with zero attached hydrogens (tertiary/aromatic N) is 1. The van der Waals surface area contributed by atoms with Crippen molar-refractivity contribution >= 4 is 27.0 Å². The summed E-state index contributed by atoms with van der Waals surface area (Å²) < 4.78 is 13.9. The van der Waals surface area contributed by atoms with E-state index in [0.29, 0.717) is 4.47 Å². The minimum absolute atomic E-state index is 0.125. The smallest absolute Gasteiger partial charge is 0.139 e. The van der Waals surface area contributed by atoms with Crippen LogP contribution < -0.4 is 5.32 Å². The molecular formula is C13H15BrFN3. The van der Waals surface area contributed by atoms with Crippen molar-refractivity contribution in [2.24, 2.45) is 0 Å². The topological polar surface area (TPSA) is 40.7 Å². The average molecular weight is 312 g/mol. The lowest BCUT2D eigenvalue weighted by Crippen LogP contribution is -2.44. The highest BCUT2D eigenvalue weighted by atomic mass is 79.9. The van der Waals surface area contributed by atoms with Crippen LogP contribution in [0.3, 0.4) is 0 Å². The number of piperidine rings is 1. The second-order valence-corrected chi connectivity index (χ2v) is 5.94. The van der Waals surface area contributed by atoms with Gasteiger partial charge in [-0.3, -0.25) is 0 Å². The van der Waals surface area contributed by atoms with Gasteiger partial charge < -0.3 is 10.3 Å². The number of nitrogens with one attached hydrogen (secondary N) is 2. The Labute approximate surface area is 113 Å². The molecule has 1 aliphatic rings. The number of hydrogen-bond acceptors (Lipinski definition) is 2. The third-order valence-corrected chi connectivity index (χ3v) is 4.27. The van der Waals surface area contributed by atoms with Gasteiger partial charge in [0, 0.05) is 6.07 Å². The van der Waals surface area contributed by atoms with Gasteiger partial charge in [-0.25, -0.2) is 9.37 Å². The molecule has 5 heteroatoms.